The third kappa shape index (κ3) is 3.98. The molecule has 3 rings (SSSR count). The smallest absolute Gasteiger partial charge is 0.416 e. The molecule has 1 aromatic carbocycles. The first kappa shape index (κ1) is 20.5. The minimum Gasteiger partial charge on any atom is -0.507 e. The van der Waals surface area contributed by atoms with E-state index in [-0.39, 0.29) is 11.5 Å². The van der Waals surface area contributed by atoms with Gasteiger partial charge in [0.1, 0.15) is 11.9 Å². The highest BCUT2D eigenvalue weighted by Crippen LogP contribution is 2.38. The van der Waals surface area contributed by atoms with Crippen LogP contribution in [0, 0.1) is 19.8 Å². The number of likely N-dealkylation sites (tertiary alicyclic amines) is 1. The Kier molecular flexibility index (Phi) is 5.63. The molecule has 1 aliphatic heterocycles. The van der Waals surface area contributed by atoms with Gasteiger partial charge in [-0.25, -0.2) is 0 Å². The van der Waals surface area contributed by atoms with Gasteiger partial charge in [-0.15, -0.1) is 5.10 Å². The van der Waals surface area contributed by atoms with Gasteiger partial charge >= 0.3 is 6.18 Å². The number of alkyl halides is 3. The molecular weight excluding hydrogens is 371 g/mol. The Morgan fingerprint density at radius 2 is 1.89 bits per heavy atom. The number of rotatable bonds is 3. The van der Waals surface area contributed by atoms with Crippen molar-refractivity contribution in [3.63, 3.8) is 0 Å². The molecule has 0 saturated carbocycles. The average molecular weight is 395 g/mol. The van der Waals surface area contributed by atoms with Crippen LogP contribution in [0.25, 0.3) is 11.3 Å². The Balaban J connectivity index is 1.94. The summed E-state index contributed by atoms with van der Waals surface area (Å²) in [6.45, 7) is 5.33. The van der Waals surface area contributed by atoms with Crippen LogP contribution in [0.2, 0.25) is 0 Å². The third-order valence-electron chi connectivity index (χ3n) is 5.53. The van der Waals surface area contributed by atoms with Gasteiger partial charge in [0.25, 0.3) is 0 Å². The van der Waals surface area contributed by atoms with E-state index in [9.17, 15) is 23.4 Å². The van der Waals surface area contributed by atoms with Crippen LogP contribution >= 0.6 is 0 Å². The van der Waals surface area contributed by atoms with E-state index in [1.165, 1.54) is 6.07 Å². The second kappa shape index (κ2) is 7.67. The predicted molar refractivity (Wildman–Crippen MR) is 98.8 cm³/mol. The monoisotopic (exact) mass is 395 g/mol. The zero-order valence-corrected chi connectivity index (χ0v) is 16.1. The van der Waals surface area contributed by atoms with E-state index in [2.05, 4.69) is 15.1 Å². The van der Waals surface area contributed by atoms with Crippen molar-refractivity contribution in [3.8, 4) is 17.0 Å². The summed E-state index contributed by atoms with van der Waals surface area (Å²) in [7, 11) is 2.01. The fraction of sp³-hybridized carbons (Fsp3) is 0.500. The highest BCUT2D eigenvalue weighted by molar-refractivity contribution is 5.70. The van der Waals surface area contributed by atoms with Gasteiger partial charge < -0.3 is 15.1 Å². The second-order valence-corrected chi connectivity index (χ2v) is 7.52. The maximum Gasteiger partial charge on any atom is 0.416 e. The molecule has 152 valence electrons. The first-order valence-corrected chi connectivity index (χ1v) is 9.20. The quantitative estimate of drug-likeness (QED) is 0.826. The Hall–Kier alpha value is -2.19. The van der Waals surface area contributed by atoms with Gasteiger partial charge in [0.2, 0.25) is 0 Å². The molecule has 0 radical (unpaired) electrons. The summed E-state index contributed by atoms with van der Waals surface area (Å²) in [5, 5.41) is 29.2. The number of nitrogens with zero attached hydrogens (tertiary/aromatic N) is 3. The first-order chi connectivity index (χ1) is 13.1. The van der Waals surface area contributed by atoms with Gasteiger partial charge in [0.15, 0.2) is 0 Å². The number of benzene rings is 1. The van der Waals surface area contributed by atoms with Crippen molar-refractivity contribution in [1.82, 2.24) is 15.1 Å². The van der Waals surface area contributed by atoms with Crippen LogP contribution in [0.3, 0.4) is 0 Å². The summed E-state index contributed by atoms with van der Waals surface area (Å²) >= 11 is 0. The minimum atomic E-state index is -4.53. The number of hydrogen-bond donors (Lipinski definition) is 2. The van der Waals surface area contributed by atoms with E-state index in [0.29, 0.717) is 23.0 Å². The Bertz CT molecular complexity index is 871. The fourth-order valence-electron chi connectivity index (χ4n) is 3.76. The molecule has 0 amide bonds. The number of aliphatic hydroxyl groups excluding tert-OH is 1. The molecule has 0 bridgehead atoms. The maximum absolute atomic E-state index is 12.8. The number of aliphatic hydroxyl groups is 1. The summed E-state index contributed by atoms with van der Waals surface area (Å²) in [4.78, 5) is 2.17. The third-order valence-corrected chi connectivity index (χ3v) is 5.53. The van der Waals surface area contributed by atoms with Crippen molar-refractivity contribution >= 4 is 0 Å². The number of phenols is 1. The van der Waals surface area contributed by atoms with Crippen LogP contribution < -0.4 is 0 Å². The molecule has 1 fully saturated rings. The molecule has 2 aromatic rings. The molecule has 2 N–H and O–H groups in total. The molecule has 1 unspecified atom stereocenters. The minimum absolute atomic E-state index is 0.0523. The van der Waals surface area contributed by atoms with E-state index in [0.717, 1.165) is 37.6 Å². The summed E-state index contributed by atoms with van der Waals surface area (Å²) in [5.74, 6) is -0.453. The van der Waals surface area contributed by atoms with Gasteiger partial charge in [0.05, 0.1) is 17.0 Å². The number of hydrogen-bond acceptors (Lipinski definition) is 5. The van der Waals surface area contributed by atoms with E-state index < -0.39 is 23.6 Å². The Morgan fingerprint density at radius 3 is 2.50 bits per heavy atom. The summed E-state index contributed by atoms with van der Waals surface area (Å²) in [6.07, 6.45) is -3.40. The van der Waals surface area contributed by atoms with Crippen molar-refractivity contribution in [2.75, 3.05) is 20.1 Å². The summed E-state index contributed by atoms with van der Waals surface area (Å²) in [5.41, 5.74) is 1.44. The number of piperidine rings is 1. The lowest BCUT2D eigenvalue weighted by Gasteiger charge is -2.33. The molecule has 8 heteroatoms. The van der Waals surface area contributed by atoms with Crippen LogP contribution in [0.15, 0.2) is 18.2 Å². The Morgan fingerprint density at radius 1 is 1.18 bits per heavy atom. The van der Waals surface area contributed by atoms with E-state index in [1.54, 1.807) is 13.8 Å². The number of aromatic hydroxyl groups is 1. The maximum atomic E-state index is 12.8. The average Bonchev–Trinajstić information content (AvgIpc) is 2.63. The zero-order valence-electron chi connectivity index (χ0n) is 16.1. The SMILES string of the molecule is Cc1c(-c2ccc(C(F)(F)F)cc2O)nnc([C@H](O)C2CCCN(C)C2)c1C. The van der Waals surface area contributed by atoms with Gasteiger partial charge in [-0.05, 0) is 69.6 Å². The van der Waals surface area contributed by atoms with Gasteiger partial charge in [-0.1, -0.05) is 0 Å². The highest BCUT2D eigenvalue weighted by Gasteiger charge is 2.32. The lowest BCUT2D eigenvalue weighted by Crippen LogP contribution is -2.35. The molecule has 2 atom stereocenters. The molecule has 1 aliphatic rings. The predicted octanol–water partition coefficient (Wildman–Crippen LogP) is 3.86. The van der Waals surface area contributed by atoms with Gasteiger partial charge in [0, 0.05) is 18.0 Å². The lowest BCUT2D eigenvalue weighted by atomic mass is 9.88. The number of aromatic nitrogens is 2. The topological polar surface area (TPSA) is 69.5 Å². The molecule has 5 nitrogen and oxygen atoms in total. The largest absolute Gasteiger partial charge is 0.507 e. The van der Waals surface area contributed by atoms with Crippen LogP contribution in [0.1, 0.15) is 41.3 Å². The van der Waals surface area contributed by atoms with Gasteiger partial charge in [-0.2, -0.15) is 18.3 Å². The van der Waals surface area contributed by atoms with Crippen LogP contribution in [-0.4, -0.2) is 45.4 Å². The zero-order chi connectivity index (χ0) is 20.6. The van der Waals surface area contributed by atoms with E-state index >= 15 is 0 Å². The number of phenolic OH excluding ortho intramolecular Hbond substituents is 1. The Labute approximate surface area is 161 Å². The molecule has 28 heavy (non-hydrogen) atoms. The van der Waals surface area contributed by atoms with Crippen LogP contribution in [0.4, 0.5) is 13.2 Å². The second-order valence-electron chi connectivity index (χ2n) is 7.52. The first-order valence-electron chi connectivity index (χ1n) is 9.20. The molecule has 1 saturated heterocycles. The van der Waals surface area contributed by atoms with Gasteiger partial charge in [-0.3, -0.25) is 0 Å². The van der Waals surface area contributed by atoms with Crippen molar-refractivity contribution in [1.29, 1.82) is 0 Å². The molecule has 0 aliphatic carbocycles. The normalized spacial score (nSPS) is 19.6. The van der Waals surface area contributed by atoms with Crippen molar-refractivity contribution in [2.24, 2.45) is 5.92 Å². The number of halogens is 3. The van der Waals surface area contributed by atoms with E-state index in [1.807, 2.05) is 7.05 Å². The molecule has 1 aromatic heterocycles. The lowest BCUT2D eigenvalue weighted by molar-refractivity contribution is -0.137. The van der Waals surface area contributed by atoms with Crippen molar-refractivity contribution in [2.45, 2.75) is 39.0 Å². The van der Waals surface area contributed by atoms with Crippen LogP contribution in [-0.2, 0) is 6.18 Å². The summed E-state index contributed by atoms with van der Waals surface area (Å²) in [6, 6.07) is 2.79. The highest BCUT2D eigenvalue weighted by atomic mass is 19.4. The summed E-state index contributed by atoms with van der Waals surface area (Å²) < 4.78 is 38.5. The van der Waals surface area contributed by atoms with E-state index in [4.69, 9.17) is 0 Å². The van der Waals surface area contributed by atoms with Crippen LogP contribution in [0.5, 0.6) is 5.75 Å². The standard InChI is InChI=1S/C20H24F3N3O2/c1-11-12(2)18(19(28)13-5-4-8-26(3)10-13)25-24-17(11)15-7-6-14(9-16(15)27)20(21,22)23/h6-7,9,13,19,27-28H,4-5,8,10H2,1-3H3/t13?,19-/m1/s1. The fourth-order valence-corrected chi connectivity index (χ4v) is 3.76. The van der Waals surface area contributed by atoms with Crippen molar-refractivity contribution in [3.05, 3.63) is 40.6 Å². The van der Waals surface area contributed by atoms with Crippen molar-refractivity contribution < 1.29 is 23.4 Å². The molecular formula is C20H24F3N3O2. The molecule has 0 spiro atoms. The molecule has 2 heterocycles.